The molecule has 11 heteroatoms. The second-order valence-electron chi connectivity index (χ2n) is 6.12. The molecule has 0 unspecified atom stereocenters. The van der Waals surface area contributed by atoms with Crippen LogP contribution in [0, 0.1) is 5.41 Å². The van der Waals surface area contributed by atoms with Crippen molar-refractivity contribution >= 4 is 65.5 Å². The topological polar surface area (TPSA) is 115 Å². The van der Waals surface area contributed by atoms with Gasteiger partial charge in [0.2, 0.25) is 0 Å². The number of nitrogens with one attached hydrogen (secondary N) is 2. The van der Waals surface area contributed by atoms with Gasteiger partial charge in [-0.15, -0.1) is 48.6 Å². The fourth-order valence-corrected chi connectivity index (χ4v) is 3.69. The van der Waals surface area contributed by atoms with E-state index in [2.05, 4.69) is 10.3 Å². The quantitative estimate of drug-likeness (QED) is 0.382. The molecule has 0 atom stereocenters. The third-order valence-corrected chi connectivity index (χ3v) is 5.04. The molecule has 3 rings (SSSR count). The number of aromatic nitrogens is 1. The minimum atomic E-state index is -0.772. The molecule has 2 aromatic rings. The lowest BCUT2D eigenvalue weighted by molar-refractivity contribution is -0.138. The van der Waals surface area contributed by atoms with Gasteiger partial charge in [-0.3, -0.25) is 15.1 Å². The maximum Gasteiger partial charge on any atom is 0.317 e. The van der Waals surface area contributed by atoms with Crippen molar-refractivity contribution in [1.82, 2.24) is 9.88 Å². The molecule has 0 bridgehead atoms. The van der Waals surface area contributed by atoms with Crippen LogP contribution in [0.25, 0.3) is 11.3 Å². The van der Waals surface area contributed by atoms with Gasteiger partial charge in [-0.25, -0.2) is 4.98 Å². The highest BCUT2D eigenvalue weighted by molar-refractivity contribution is 7.14. The van der Waals surface area contributed by atoms with Crippen LogP contribution in [0.4, 0.5) is 5.13 Å². The summed E-state index contributed by atoms with van der Waals surface area (Å²) in [4.78, 5) is 17.3. The maximum absolute atomic E-state index is 10.8. The summed E-state index contributed by atoms with van der Waals surface area (Å²) in [5.41, 5.74) is 8.06. The number of anilines is 1. The Labute approximate surface area is 186 Å². The van der Waals surface area contributed by atoms with Crippen molar-refractivity contribution in [2.75, 3.05) is 25.0 Å². The fourth-order valence-electron chi connectivity index (χ4n) is 2.89. The van der Waals surface area contributed by atoms with E-state index in [1.165, 1.54) is 0 Å². The second kappa shape index (κ2) is 12.1. The molecule has 2 heterocycles. The molecular formula is C17H24Cl3N5O2S. The number of likely N-dealkylation sites (tertiary alicyclic amines) is 1. The largest absolute Gasteiger partial charge is 0.480 e. The third kappa shape index (κ3) is 7.10. The average Bonchev–Trinajstić information content (AvgIpc) is 3.05. The van der Waals surface area contributed by atoms with Crippen LogP contribution in [-0.2, 0) is 4.79 Å². The Morgan fingerprint density at radius 2 is 1.86 bits per heavy atom. The van der Waals surface area contributed by atoms with Crippen molar-refractivity contribution in [1.29, 1.82) is 5.41 Å². The normalized spacial score (nSPS) is 14.1. The molecule has 0 spiro atoms. The zero-order valence-corrected chi connectivity index (χ0v) is 18.2. The predicted molar refractivity (Wildman–Crippen MR) is 121 cm³/mol. The molecule has 1 fully saturated rings. The molecule has 1 saturated heterocycles. The summed E-state index contributed by atoms with van der Waals surface area (Å²) < 4.78 is 0. The van der Waals surface area contributed by atoms with Crippen molar-refractivity contribution in [3.8, 4) is 11.3 Å². The average molecular weight is 469 g/mol. The van der Waals surface area contributed by atoms with Crippen molar-refractivity contribution in [3.05, 3.63) is 35.2 Å². The monoisotopic (exact) mass is 467 g/mol. The van der Waals surface area contributed by atoms with Crippen molar-refractivity contribution in [2.24, 2.45) is 5.73 Å². The zero-order chi connectivity index (χ0) is 17.8. The number of nitrogens with zero attached hydrogens (tertiary/aromatic N) is 2. The Morgan fingerprint density at radius 1 is 1.25 bits per heavy atom. The Balaban J connectivity index is 0.00000243. The molecule has 1 aliphatic heterocycles. The van der Waals surface area contributed by atoms with Crippen LogP contribution in [0.2, 0.25) is 0 Å². The highest BCUT2D eigenvalue weighted by Crippen LogP contribution is 2.26. The summed E-state index contributed by atoms with van der Waals surface area (Å²) in [6.45, 7) is 1.69. The van der Waals surface area contributed by atoms with E-state index in [9.17, 15) is 4.79 Å². The summed E-state index contributed by atoms with van der Waals surface area (Å²) >= 11 is 1.56. The lowest BCUT2D eigenvalue weighted by atomic mass is 10.1. The van der Waals surface area contributed by atoms with Crippen molar-refractivity contribution < 1.29 is 9.90 Å². The first-order valence-corrected chi connectivity index (χ1v) is 9.00. The van der Waals surface area contributed by atoms with Crippen LogP contribution < -0.4 is 11.1 Å². The summed E-state index contributed by atoms with van der Waals surface area (Å²) in [5.74, 6) is -0.715. The number of carbonyl (C=O) groups is 1. The van der Waals surface area contributed by atoms with Crippen molar-refractivity contribution in [3.63, 3.8) is 0 Å². The van der Waals surface area contributed by atoms with E-state index < -0.39 is 5.97 Å². The highest BCUT2D eigenvalue weighted by atomic mass is 35.5. The fraction of sp³-hybridized carbons (Fsp3) is 0.353. The number of nitrogens with two attached hydrogens (primary N) is 1. The Hall–Kier alpha value is -1.58. The number of thiazole rings is 1. The van der Waals surface area contributed by atoms with Gasteiger partial charge in [0.25, 0.3) is 0 Å². The number of nitrogen functional groups attached to an aromatic ring is 1. The smallest absolute Gasteiger partial charge is 0.317 e. The molecule has 28 heavy (non-hydrogen) atoms. The number of hydrogen-bond donors (Lipinski definition) is 4. The number of carboxylic acids is 1. The van der Waals surface area contributed by atoms with Gasteiger partial charge < -0.3 is 16.2 Å². The summed E-state index contributed by atoms with van der Waals surface area (Å²) in [5, 5.41) is 22.6. The van der Waals surface area contributed by atoms with E-state index >= 15 is 0 Å². The molecular weight excluding hydrogens is 445 g/mol. The number of aliphatic carboxylic acids is 1. The second-order valence-corrected chi connectivity index (χ2v) is 6.98. The Bertz CT molecular complexity index is 764. The first-order valence-electron chi connectivity index (χ1n) is 8.12. The van der Waals surface area contributed by atoms with Crippen LogP contribution in [-0.4, -0.2) is 52.5 Å². The number of amidine groups is 1. The van der Waals surface area contributed by atoms with Crippen LogP contribution in [0.1, 0.15) is 18.4 Å². The Kier molecular flexibility index (Phi) is 11.4. The first-order chi connectivity index (χ1) is 12.0. The SMILES string of the molecule is Cl.Cl.Cl.N=C(N)c1ccc(-c2csc(NC3CCN(CC(=O)O)CC3)n2)cc1. The third-order valence-electron chi connectivity index (χ3n) is 4.27. The van der Waals surface area contributed by atoms with Gasteiger partial charge in [0.15, 0.2) is 5.13 Å². The molecule has 0 radical (unpaired) electrons. The van der Waals surface area contributed by atoms with Crippen molar-refractivity contribution in [2.45, 2.75) is 18.9 Å². The summed E-state index contributed by atoms with van der Waals surface area (Å²) in [7, 11) is 0. The number of rotatable bonds is 6. The highest BCUT2D eigenvalue weighted by Gasteiger charge is 2.21. The number of carboxylic acid groups (broad SMARTS) is 1. The molecule has 0 amide bonds. The van der Waals surface area contributed by atoms with Gasteiger partial charge in [0, 0.05) is 35.6 Å². The number of hydrogen-bond acceptors (Lipinski definition) is 6. The van der Waals surface area contributed by atoms with Crippen LogP contribution in [0.5, 0.6) is 0 Å². The van der Waals surface area contributed by atoms with Gasteiger partial charge in [-0.1, -0.05) is 24.3 Å². The van der Waals surface area contributed by atoms with Gasteiger partial charge in [-0.2, -0.15) is 0 Å². The molecule has 1 aliphatic rings. The molecule has 7 nitrogen and oxygen atoms in total. The van der Waals surface area contributed by atoms with Gasteiger partial charge in [0.1, 0.15) is 5.84 Å². The van der Waals surface area contributed by atoms with E-state index in [0.717, 1.165) is 42.3 Å². The minimum absolute atomic E-state index is 0. The molecule has 1 aromatic carbocycles. The first kappa shape index (κ1) is 26.4. The van der Waals surface area contributed by atoms with E-state index in [-0.39, 0.29) is 49.6 Å². The predicted octanol–water partition coefficient (Wildman–Crippen LogP) is 3.32. The summed E-state index contributed by atoms with van der Waals surface area (Å²) in [6, 6.07) is 7.80. The summed E-state index contributed by atoms with van der Waals surface area (Å²) in [6.07, 6.45) is 1.82. The Morgan fingerprint density at radius 3 is 2.39 bits per heavy atom. The van der Waals surface area contributed by atoms with Gasteiger partial charge >= 0.3 is 5.97 Å². The molecule has 1 aromatic heterocycles. The molecule has 5 N–H and O–H groups in total. The minimum Gasteiger partial charge on any atom is -0.480 e. The van der Waals surface area contributed by atoms with E-state index in [1.54, 1.807) is 11.3 Å². The van der Waals surface area contributed by atoms with Gasteiger partial charge in [-0.05, 0) is 12.8 Å². The zero-order valence-electron chi connectivity index (χ0n) is 15.0. The van der Waals surface area contributed by atoms with Crippen LogP contribution in [0.3, 0.4) is 0 Å². The molecule has 0 aliphatic carbocycles. The van der Waals surface area contributed by atoms with E-state index in [0.29, 0.717) is 11.6 Å². The molecule has 0 saturated carbocycles. The standard InChI is InChI=1S/C17H21N5O2S.3ClH/c18-16(19)12-3-1-11(2-4-12)14-10-25-17(21-14)20-13-5-7-22(8-6-13)9-15(23)24;;;/h1-4,10,13H,5-9H2,(H3,18,19)(H,20,21)(H,23,24);3*1H. The number of halogens is 3. The lowest BCUT2D eigenvalue weighted by Gasteiger charge is -2.31. The van der Waals surface area contributed by atoms with E-state index in [1.807, 2.05) is 34.5 Å². The number of benzene rings is 1. The van der Waals surface area contributed by atoms with Crippen LogP contribution in [0.15, 0.2) is 29.6 Å². The molecule has 156 valence electrons. The van der Waals surface area contributed by atoms with Crippen LogP contribution >= 0.6 is 48.6 Å². The number of piperidine rings is 1. The van der Waals surface area contributed by atoms with E-state index in [4.69, 9.17) is 16.2 Å². The lowest BCUT2D eigenvalue weighted by Crippen LogP contribution is -2.41. The van der Waals surface area contributed by atoms with Gasteiger partial charge in [0.05, 0.1) is 12.2 Å². The maximum atomic E-state index is 10.8.